The average molecular weight is 471 g/mol. The first-order valence-electron chi connectivity index (χ1n) is 9.44. The summed E-state index contributed by atoms with van der Waals surface area (Å²) >= 11 is 0. The van der Waals surface area contributed by atoms with E-state index in [0.717, 1.165) is 50.7 Å². The van der Waals surface area contributed by atoms with Crippen molar-refractivity contribution < 1.29 is 9.47 Å². The largest absolute Gasteiger partial charge is 0.487 e. The summed E-state index contributed by atoms with van der Waals surface area (Å²) in [4.78, 5) is 4.44. The van der Waals surface area contributed by atoms with Gasteiger partial charge in [0.25, 0.3) is 0 Å². The van der Waals surface area contributed by atoms with E-state index in [-0.39, 0.29) is 41.0 Å². The Balaban J connectivity index is 0.00000196. The van der Waals surface area contributed by atoms with Crippen molar-refractivity contribution in [1.29, 1.82) is 0 Å². The van der Waals surface area contributed by atoms with E-state index in [4.69, 9.17) is 9.47 Å². The molecule has 1 unspecified atom stereocenters. The number of fused-ring (bicyclic) bond motifs is 1. The molecular formula is C20H30IN3O2. The van der Waals surface area contributed by atoms with Gasteiger partial charge in [0.05, 0.1) is 19.3 Å². The standard InChI is InChI=1S/C20H29N3O2.HI/c1-19(13-24-14-19)12-22-18(21-2)23-16-11-20(9-5-6-10-20)25-17-8-4-3-7-15(16)17;/h3-4,7-8,16H,5-6,9-14H2,1-2H3,(H2,21,22,23);1H. The lowest BCUT2D eigenvalue weighted by molar-refractivity contribution is -0.0971. The van der Waals surface area contributed by atoms with Crippen LogP contribution in [0.1, 0.15) is 50.6 Å². The number of rotatable bonds is 3. The van der Waals surface area contributed by atoms with Crippen LogP contribution in [0.2, 0.25) is 0 Å². The Bertz CT molecular complexity index is 654. The van der Waals surface area contributed by atoms with E-state index in [1.54, 1.807) is 0 Å². The van der Waals surface area contributed by atoms with Crippen molar-refractivity contribution in [3.8, 4) is 5.75 Å². The highest BCUT2D eigenvalue weighted by Gasteiger charge is 2.43. The lowest BCUT2D eigenvalue weighted by atomic mass is 9.86. The van der Waals surface area contributed by atoms with E-state index < -0.39 is 0 Å². The lowest BCUT2D eigenvalue weighted by Crippen LogP contribution is -2.52. The minimum absolute atomic E-state index is 0. The van der Waals surface area contributed by atoms with Crippen molar-refractivity contribution in [2.75, 3.05) is 26.8 Å². The zero-order chi connectivity index (χ0) is 17.3. The number of nitrogens with one attached hydrogen (secondary N) is 2. The average Bonchev–Trinajstić information content (AvgIpc) is 3.04. The number of halogens is 1. The third-order valence-electron chi connectivity index (χ3n) is 5.83. The fourth-order valence-corrected chi connectivity index (χ4v) is 4.28. The SMILES string of the molecule is CN=C(NCC1(C)COC1)NC1CC2(CCCC2)Oc2ccccc21.I. The minimum Gasteiger partial charge on any atom is -0.487 e. The first-order chi connectivity index (χ1) is 12.1. The summed E-state index contributed by atoms with van der Waals surface area (Å²) in [5.74, 6) is 1.89. The molecule has 0 bridgehead atoms. The molecule has 1 aliphatic carbocycles. The maximum absolute atomic E-state index is 6.45. The lowest BCUT2D eigenvalue weighted by Gasteiger charge is -2.41. The second-order valence-electron chi connectivity index (χ2n) is 8.16. The highest BCUT2D eigenvalue weighted by molar-refractivity contribution is 14.0. The van der Waals surface area contributed by atoms with Gasteiger partial charge in [-0.1, -0.05) is 25.1 Å². The van der Waals surface area contributed by atoms with Crippen LogP contribution in [0, 0.1) is 5.41 Å². The molecule has 1 aromatic carbocycles. The molecule has 2 heterocycles. The first kappa shape index (κ1) is 19.7. The van der Waals surface area contributed by atoms with Crippen LogP contribution in [0.4, 0.5) is 0 Å². The van der Waals surface area contributed by atoms with Crippen molar-refractivity contribution in [3.63, 3.8) is 0 Å². The maximum atomic E-state index is 6.45. The molecule has 6 heteroatoms. The van der Waals surface area contributed by atoms with Crippen LogP contribution in [0.5, 0.6) is 5.75 Å². The first-order valence-corrected chi connectivity index (χ1v) is 9.44. The van der Waals surface area contributed by atoms with Crippen LogP contribution >= 0.6 is 24.0 Å². The summed E-state index contributed by atoms with van der Waals surface area (Å²) in [5, 5.41) is 7.14. The Hall–Kier alpha value is -1.02. The monoisotopic (exact) mass is 471 g/mol. The summed E-state index contributed by atoms with van der Waals surface area (Å²) in [7, 11) is 1.84. The summed E-state index contributed by atoms with van der Waals surface area (Å²) in [6.45, 7) is 4.76. The third-order valence-corrected chi connectivity index (χ3v) is 5.83. The molecule has 1 saturated carbocycles. The van der Waals surface area contributed by atoms with Gasteiger partial charge in [0.2, 0.25) is 0 Å². The van der Waals surface area contributed by atoms with E-state index in [1.165, 1.54) is 18.4 Å². The molecule has 1 aromatic rings. The molecule has 144 valence electrons. The summed E-state index contributed by atoms with van der Waals surface area (Å²) in [6.07, 6.45) is 5.84. The van der Waals surface area contributed by atoms with Crippen molar-refractivity contribution in [1.82, 2.24) is 10.6 Å². The highest BCUT2D eigenvalue weighted by atomic mass is 127. The predicted octanol–water partition coefficient (Wildman–Crippen LogP) is 3.64. The second kappa shape index (κ2) is 7.92. The minimum atomic E-state index is -0.00133. The molecule has 2 aliphatic heterocycles. The van der Waals surface area contributed by atoms with E-state index in [1.807, 2.05) is 7.05 Å². The fourth-order valence-electron chi connectivity index (χ4n) is 4.28. The number of ether oxygens (including phenoxy) is 2. The Morgan fingerprint density at radius 2 is 1.96 bits per heavy atom. The van der Waals surface area contributed by atoms with Crippen LogP contribution < -0.4 is 15.4 Å². The molecule has 5 nitrogen and oxygen atoms in total. The van der Waals surface area contributed by atoms with Crippen LogP contribution in [-0.4, -0.2) is 38.4 Å². The highest BCUT2D eigenvalue weighted by Crippen LogP contribution is 2.46. The van der Waals surface area contributed by atoms with Crippen molar-refractivity contribution >= 4 is 29.9 Å². The molecule has 2 fully saturated rings. The number of hydrogen-bond acceptors (Lipinski definition) is 3. The summed E-state index contributed by atoms with van der Waals surface area (Å²) in [5.41, 5.74) is 1.46. The summed E-state index contributed by atoms with van der Waals surface area (Å²) < 4.78 is 11.8. The molecule has 26 heavy (non-hydrogen) atoms. The Morgan fingerprint density at radius 1 is 1.23 bits per heavy atom. The van der Waals surface area contributed by atoms with E-state index in [0.29, 0.717) is 0 Å². The Labute approximate surface area is 173 Å². The van der Waals surface area contributed by atoms with E-state index >= 15 is 0 Å². The van der Waals surface area contributed by atoms with Gasteiger partial charge in [-0.2, -0.15) is 0 Å². The predicted molar refractivity (Wildman–Crippen MR) is 114 cm³/mol. The van der Waals surface area contributed by atoms with Gasteiger partial charge in [0.1, 0.15) is 11.4 Å². The van der Waals surface area contributed by atoms with Gasteiger partial charge in [-0.3, -0.25) is 4.99 Å². The van der Waals surface area contributed by atoms with Crippen molar-refractivity contribution in [3.05, 3.63) is 29.8 Å². The molecule has 2 N–H and O–H groups in total. The second-order valence-corrected chi connectivity index (χ2v) is 8.16. The van der Waals surface area contributed by atoms with Gasteiger partial charge >= 0.3 is 0 Å². The Morgan fingerprint density at radius 3 is 2.62 bits per heavy atom. The number of guanidine groups is 1. The molecule has 0 amide bonds. The van der Waals surface area contributed by atoms with Gasteiger partial charge in [0, 0.05) is 31.0 Å². The third kappa shape index (κ3) is 3.96. The fraction of sp³-hybridized carbons (Fsp3) is 0.650. The molecule has 1 saturated heterocycles. The van der Waals surface area contributed by atoms with Gasteiger partial charge in [-0.25, -0.2) is 0 Å². The van der Waals surface area contributed by atoms with Gasteiger partial charge in [-0.15, -0.1) is 24.0 Å². The molecule has 1 atom stereocenters. The van der Waals surface area contributed by atoms with Crippen molar-refractivity contribution in [2.45, 2.75) is 50.7 Å². The number of nitrogens with zero attached hydrogens (tertiary/aromatic N) is 1. The molecule has 4 rings (SSSR count). The number of benzene rings is 1. The normalized spacial score (nSPS) is 25.5. The quantitative estimate of drug-likeness (QED) is 0.402. The van der Waals surface area contributed by atoms with Gasteiger partial charge in [-0.05, 0) is 31.7 Å². The van der Waals surface area contributed by atoms with Gasteiger partial charge < -0.3 is 20.1 Å². The molecular weight excluding hydrogens is 441 g/mol. The summed E-state index contributed by atoms with van der Waals surface area (Å²) in [6, 6.07) is 8.66. The van der Waals surface area contributed by atoms with Crippen LogP contribution in [0.3, 0.4) is 0 Å². The Kier molecular flexibility index (Phi) is 6.01. The number of hydrogen-bond donors (Lipinski definition) is 2. The zero-order valence-corrected chi connectivity index (χ0v) is 18.0. The van der Waals surface area contributed by atoms with Crippen LogP contribution in [-0.2, 0) is 4.74 Å². The van der Waals surface area contributed by atoms with E-state index in [2.05, 4.69) is 46.8 Å². The smallest absolute Gasteiger partial charge is 0.191 e. The van der Waals surface area contributed by atoms with Crippen LogP contribution in [0.15, 0.2) is 29.3 Å². The molecule has 3 aliphatic rings. The molecule has 0 radical (unpaired) electrons. The van der Waals surface area contributed by atoms with Gasteiger partial charge in [0.15, 0.2) is 5.96 Å². The van der Waals surface area contributed by atoms with Crippen molar-refractivity contribution in [2.24, 2.45) is 10.4 Å². The number of aliphatic imine (C=N–C) groups is 1. The molecule has 0 aromatic heterocycles. The molecule has 1 spiro atoms. The number of para-hydroxylation sites is 1. The zero-order valence-electron chi connectivity index (χ0n) is 15.7. The maximum Gasteiger partial charge on any atom is 0.191 e. The van der Waals surface area contributed by atoms with Crippen LogP contribution in [0.25, 0.3) is 0 Å². The topological polar surface area (TPSA) is 54.9 Å². The van der Waals surface area contributed by atoms with E-state index in [9.17, 15) is 0 Å².